The molecule has 0 N–H and O–H groups in total. The molecule has 0 spiro atoms. The Morgan fingerprint density at radius 3 is 2.64 bits per heavy atom. The Bertz CT molecular complexity index is 1340. The van der Waals surface area contributed by atoms with Gasteiger partial charge in [0.15, 0.2) is 5.82 Å². The topological polar surface area (TPSA) is 61.4 Å². The Morgan fingerprint density at radius 2 is 1.94 bits per heavy atom. The summed E-state index contributed by atoms with van der Waals surface area (Å²) in [6.07, 6.45) is 4.13. The highest BCUT2D eigenvalue weighted by Crippen LogP contribution is 2.38. The molecule has 0 bridgehead atoms. The predicted octanol–water partition coefficient (Wildman–Crippen LogP) is 5.24. The molecule has 7 heteroatoms. The molecule has 1 aliphatic carbocycles. The van der Waals surface area contributed by atoms with E-state index in [2.05, 4.69) is 47.6 Å². The molecule has 0 amide bonds. The van der Waals surface area contributed by atoms with Crippen LogP contribution in [0, 0.1) is 0 Å². The normalized spacial score (nSPS) is 13.7. The number of fused-ring (bicyclic) bond motifs is 1. The summed E-state index contributed by atoms with van der Waals surface area (Å²) in [5.41, 5.74) is 3.00. The minimum Gasteiger partial charge on any atom is -0.496 e. The SMILES string of the molecule is COc1cc(SCc2ccccc2)ccc1Cn1cc(C(C)C)c(=O)n2nc(C3CC3)nc12. The highest BCUT2D eigenvalue weighted by Gasteiger charge is 2.29. The maximum Gasteiger partial charge on any atom is 0.279 e. The fourth-order valence-electron chi connectivity index (χ4n) is 3.94. The van der Waals surface area contributed by atoms with Crippen LogP contribution in [-0.2, 0) is 12.3 Å². The largest absolute Gasteiger partial charge is 0.496 e. The van der Waals surface area contributed by atoms with E-state index in [9.17, 15) is 4.79 Å². The van der Waals surface area contributed by atoms with Crippen molar-refractivity contribution in [3.8, 4) is 5.75 Å². The zero-order chi connectivity index (χ0) is 22.9. The fraction of sp³-hybridized carbons (Fsp3) is 0.346. The molecule has 33 heavy (non-hydrogen) atoms. The van der Waals surface area contributed by atoms with Gasteiger partial charge in [-0.05, 0) is 36.5 Å². The van der Waals surface area contributed by atoms with Gasteiger partial charge in [0, 0.05) is 33.9 Å². The maximum atomic E-state index is 13.0. The van der Waals surface area contributed by atoms with E-state index in [1.807, 2.05) is 30.7 Å². The summed E-state index contributed by atoms with van der Waals surface area (Å²) < 4.78 is 9.26. The lowest BCUT2D eigenvalue weighted by molar-refractivity contribution is 0.407. The number of aromatic nitrogens is 4. The second-order valence-corrected chi connectivity index (χ2v) is 9.92. The molecule has 0 saturated heterocycles. The highest BCUT2D eigenvalue weighted by molar-refractivity contribution is 7.98. The van der Waals surface area contributed by atoms with Crippen molar-refractivity contribution in [1.29, 1.82) is 0 Å². The van der Waals surface area contributed by atoms with Crippen LogP contribution in [0.25, 0.3) is 5.78 Å². The van der Waals surface area contributed by atoms with E-state index in [0.29, 0.717) is 18.2 Å². The molecular formula is C26H28N4O2S. The molecule has 4 aromatic rings. The molecule has 5 rings (SSSR count). The van der Waals surface area contributed by atoms with Crippen molar-refractivity contribution in [3.05, 3.63) is 87.6 Å². The van der Waals surface area contributed by atoms with Crippen molar-refractivity contribution < 1.29 is 4.74 Å². The van der Waals surface area contributed by atoms with Crippen LogP contribution in [0.2, 0.25) is 0 Å². The molecule has 0 atom stereocenters. The van der Waals surface area contributed by atoms with Crippen LogP contribution in [0.1, 0.15) is 61.0 Å². The summed E-state index contributed by atoms with van der Waals surface area (Å²) in [4.78, 5) is 18.9. The number of methoxy groups -OCH3 is 1. The van der Waals surface area contributed by atoms with Crippen LogP contribution in [-0.4, -0.2) is 26.3 Å². The number of benzene rings is 2. The fourth-order valence-corrected chi connectivity index (χ4v) is 4.82. The minimum atomic E-state index is -0.0738. The van der Waals surface area contributed by atoms with Crippen molar-refractivity contribution in [2.45, 2.75) is 55.7 Å². The Labute approximate surface area is 197 Å². The van der Waals surface area contributed by atoms with Crippen molar-refractivity contribution >= 4 is 17.5 Å². The smallest absolute Gasteiger partial charge is 0.279 e. The van der Waals surface area contributed by atoms with Crippen LogP contribution >= 0.6 is 11.8 Å². The number of hydrogen-bond donors (Lipinski definition) is 0. The quantitative estimate of drug-likeness (QED) is 0.337. The summed E-state index contributed by atoms with van der Waals surface area (Å²) in [5.74, 6) is 3.59. The first-order valence-electron chi connectivity index (χ1n) is 11.4. The van der Waals surface area contributed by atoms with Crippen LogP contribution in [0.4, 0.5) is 0 Å². The van der Waals surface area contributed by atoms with E-state index in [1.54, 1.807) is 18.9 Å². The van der Waals surface area contributed by atoms with E-state index in [1.165, 1.54) is 10.1 Å². The van der Waals surface area contributed by atoms with Crippen molar-refractivity contribution in [2.24, 2.45) is 0 Å². The predicted molar refractivity (Wildman–Crippen MR) is 131 cm³/mol. The minimum absolute atomic E-state index is 0.0738. The van der Waals surface area contributed by atoms with Gasteiger partial charge in [-0.25, -0.2) is 0 Å². The van der Waals surface area contributed by atoms with Crippen molar-refractivity contribution in [3.63, 3.8) is 0 Å². The highest BCUT2D eigenvalue weighted by atomic mass is 32.2. The Morgan fingerprint density at radius 1 is 1.15 bits per heavy atom. The van der Waals surface area contributed by atoms with Crippen LogP contribution in [0.15, 0.2) is 64.4 Å². The molecule has 0 unspecified atom stereocenters. The summed E-state index contributed by atoms with van der Waals surface area (Å²) in [6.45, 7) is 4.62. The average Bonchev–Trinajstić information content (AvgIpc) is 3.58. The number of nitrogens with zero attached hydrogens (tertiary/aromatic N) is 4. The molecule has 6 nitrogen and oxygen atoms in total. The summed E-state index contributed by atoms with van der Waals surface area (Å²) in [5, 5.41) is 4.57. The van der Waals surface area contributed by atoms with Gasteiger partial charge in [-0.1, -0.05) is 50.2 Å². The maximum absolute atomic E-state index is 13.0. The third-order valence-electron chi connectivity index (χ3n) is 6.01. The number of rotatable bonds is 8. The third kappa shape index (κ3) is 4.55. The van der Waals surface area contributed by atoms with E-state index in [4.69, 9.17) is 9.72 Å². The van der Waals surface area contributed by atoms with Crippen LogP contribution < -0.4 is 10.3 Å². The van der Waals surface area contributed by atoms with Gasteiger partial charge in [0.05, 0.1) is 13.7 Å². The second-order valence-electron chi connectivity index (χ2n) is 8.88. The average molecular weight is 461 g/mol. The molecule has 2 heterocycles. The molecule has 2 aromatic carbocycles. The Balaban J connectivity index is 1.47. The first kappa shape index (κ1) is 21.8. The summed E-state index contributed by atoms with van der Waals surface area (Å²) in [7, 11) is 1.70. The van der Waals surface area contributed by atoms with Gasteiger partial charge in [-0.15, -0.1) is 16.9 Å². The summed E-state index contributed by atoms with van der Waals surface area (Å²) in [6, 6.07) is 16.8. The van der Waals surface area contributed by atoms with Gasteiger partial charge in [0.2, 0.25) is 5.78 Å². The molecule has 2 aromatic heterocycles. The first-order chi connectivity index (χ1) is 16.0. The number of hydrogen-bond acceptors (Lipinski definition) is 5. The van der Waals surface area contributed by atoms with Gasteiger partial charge in [0.25, 0.3) is 5.56 Å². The van der Waals surface area contributed by atoms with E-state index >= 15 is 0 Å². The van der Waals surface area contributed by atoms with Crippen molar-refractivity contribution in [1.82, 2.24) is 19.2 Å². The third-order valence-corrected chi connectivity index (χ3v) is 7.07. The molecular weight excluding hydrogens is 432 g/mol. The van der Waals surface area contributed by atoms with E-state index in [0.717, 1.165) is 46.2 Å². The van der Waals surface area contributed by atoms with Gasteiger partial charge in [-0.2, -0.15) is 9.50 Å². The standard InChI is InChI=1S/C26H28N4O2S/c1-17(2)22-15-29(26-27-24(19-9-10-19)28-30(26)25(22)31)14-20-11-12-21(13-23(20)32-3)33-16-18-7-5-4-6-8-18/h4-8,11-13,15,17,19H,9-10,14,16H2,1-3H3. The van der Waals surface area contributed by atoms with Crippen LogP contribution in [0.5, 0.6) is 5.75 Å². The number of thioether (sulfide) groups is 1. The van der Waals surface area contributed by atoms with E-state index in [-0.39, 0.29) is 11.5 Å². The van der Waals surface area contributed by atoms with Crippen molar-refractivity contribution in [2.75, 3.05) is 7.11 Å². The van der Waals surface area contributed by atoms with E-state index < -0.39 is 0 Å². The first-order valence-corrected chi connectivity index (χ1v) is 12.4. The van der Waals surface area contributed by atoms with Gasteiger partial charge >= 0.3 is 0 Å². The monoisotopic (exact) mass is 460 g/mol. The Kier molecular flexibility index (Phi) is 5.98. The Hall–Kier alpha value is -3.06. The zero-order valence-electron chi connectivity index (χ0n) is 19.2. The van der Waals surface area contributed by atoms with Gasteiger partial charge in [-0.3, -0.25) is 4.79 Å². The lowest BCUT2D eigenvalue weighted by atomic mass is 10.1. The lowest BCUT2D eigenvalue weighted by Gasteiger charge is -2.15. The molecule has 1 saturated carbocycles. The van der Waals surface area contributed by atoms with Gasteiger partial charge in [0.1, 0.15) is 5.75 Å². The number of ether oxygens (including phenoxy) is 1. The summed E-state index contributed by atoms with van der Waals surface area (Å²) >= 11 is 1.79. The van der Waals surface area contributed by atoms with Crippen LogP contribution in [0.3, 0.4) is 0 Å². The van der Waals surface area contributed by atoms with Gasteiger partial charge < -0.3 is 9.30 Å². The molecule has 170 valence electrons. The molecule has 0 aliphatic heterocycles. The lowest BCUT2D eigenvalue weighted by Crippen LogP contribution is -2.24. The second kappa shape index (κ2) is 9.06. The molecule has 1 aliphatic rings. The zero-order valence-corrected chi connectivity index (χ0v) is 20.0. The molecule has 0 radical (unpaired) electrons. The molecule has 1 fully saturated rings.